The van der Waals surface area contributed by atoms with E-state index >= 15 is 0 Å². The molecule has 0 aliphatic carbocycles. The van der Waals surface area contributed by atoms with Crippen LogP contribution in [0.4, 0.5) is 0 Å². The fourth-order valence-corrected chi connectivity index (χ4v) is 2.60. The summed E-state index contributed by atoms with van der Waals surface area (Å²) in [5.41, 5.74) is 2.09. The molecule has 24 heavy (non-hydrogen) atoms. The van der Waals surface area contributed by atoms with E-state index in [-0.39, 0.29) is 5.91 Å². The molecule has 5 heteroatoms. The second-order valence-corrected chi connectivity index (χ2v) is 5.59. The Hall–Kier alpha value is -2.82. The highest BCUT2D eigenvalue weighted by molar-refractivity contribution is 5.76. The normalized spacial score (nSPS) is 10.7. The van der Waals surface area contributed by atoms with Gasteiger partial charge in [0, 0.05) is 20.0 Å². The van der Waals surface area contributed by atoms with Crippen molar-refractivity contribution in [2.45, 2.75) is 12.8 Å². The van der Waals surface area contributed by atoms with Crippen molar-refractivity contribution in [3.05, 3.63) is 60.4 Å². The van der Waals surface area contributed by atoms with Gasteiger partial charge in [-0.15, -0.1) is 0 Å². The number of nitrogens with one attached hydrogen (secondary N) is 1. The molecule has 1 amide bonds. The zero-order chi connectivity index (χ0) is 16.8. The second kappa shape index (κ2) is 7.64. The Morgan fingerprint density at radius 2 is 1.88 bits per heavy atom. The number of ether oxygens (including phenoxy) is 1. The molecule has 5 nitrogen and oxygen atoms in total. The topological polar surface area (TPSA) is 56.2 Å². The molecule has 0 atom stereocenters. The molecule has 0 aliphatic heterocycles. The quantitative estimate of drug-likeness (QED) is 0.727. The van der Waals surface area contributed by atoms with Crippen molar-refractivity contribution >= 4 is 16.9 Å². The van der Waals surface area contributed by atoms with Crippen LogP contribution < -0.4 is 10.1 Å². The number of hydrogen-bond donors (Lipinski definition) is 1. The molecular weight excluding hydrogens is 302 g/mol. The van der Waals surface area contributed by atoms with Crippen molar-refractivity contribution in [1.82, 2.24) is 14.9 Å². The number of amides is 1. The van der Waals surface area contributed by atoms with E-state index < -0.39 is 0 Å². The SMILES string of the molecule is Cn1c(CCNC(=O)CCOc2ccccc2)nc2ccccc21. The number of imidazole rings is 1. The van der Waals surface area contributed by atoms with E-state index in [0.29, 0.717) is 26.0 Å². The summed E-state index contributed by atoms with van der Waals surface area (Å²) in [5, 5.41) is 2.92. The molecule has 0 spiro atoms. The zero-order valence-corrected chi connectivity index (χ0v) is 13.7. The van der Waals surface area contributed by atoms with E-state index in [1.807, 2.05) is 61.6 Å². The van der Waals surface area contributed by atoms with Gasteiger partial charge in [0.05, 0.1) is 24.1 Å². The number of aryl methyl sites for hydroxylation is 1. The van der Waals surface area contributed by atoms with Crippen LogP contribution in [0.2, 0.25) is 0 Å². The van der Waals surface area contributed by atoms with Crippen molar-refractivity contribution in [2.24, 2.45) is 7.05 Å². The van der Waals surface area contributed by atoms with E-state index in [9.17, 15) is 4.79 Å². The lowest BCUT2D eigenvalue weighted by atomic mass is 10.3. The number of rotatable bonds is 7. The van der Waals surface area contributed by atoms with E-state index in [0.717, 1.165) is 22.6 Å². The maximum absolute atomic E-state index is 11.9. The van der Waals surface area contributed by atoms with Gasteiger partial charge >= 0.3 is 0 Å². The molecule has 0 saturated carbocycles. The number of benzene rings is 2. The summed E-state index contributed by atoms with van der Waals surface area (Å²) in [6.07, 6.45) is 1.05. The predicted molar refractivity (Wildman–Crippen MR) is 94.0 cm³/mol. The lowest BCUT2D eigenvalue weighted by Gasteiger charge is -2.07. The van der Waals surface area contributed by atoms with Gasteiger partial charge in [0.2, 0.25) is 5.91 Å². The van der Waals surface area contributed by atoms with Gasteiger partial charge in [-0.3, -0.25) is 4.79 Å². The molecule has 0 aliphatic rings. The third-order valence-corrected chi connectivity index (χ3v) is 3.89. The molecular formula is C19H21N3O2. The fourth-order valence-electron chi connectivity index (χ4n) is 2.60. The highest BCUT2D eigenvalue weighted by atomic mass is 16.5. The number of carbonyl (C=O) groups excluding carboxylic acids is 1. The summed E-state index contributed by atoms with van der Waals surface area (Å²) in [5.74, 6) is 1.74. The first-order chi connectivity index (χ1) is 11.7. The van der Waals surface area contributed by atoms with Crippen LogP contribution in [0.25, 0.3) is 11.0 Å². The van der Waals surface area contributed by atoms with Crippen LogP contribution in [-0.2, 0) is 18.3 Å². The second-order valence-electron chi connectivity index (χ2n) is 5.59. The molecule has 124 valence electrons. The minimum atomic E-state index is -0.00954. The van der Waals surface area contributed by atoms with Gasteiger partial charge in [-0.05, 0) is 24.3 Å². The molecule has 1 N–H and O–H groups in total. The average molecular weight is 323 g/mol. The molecule has 0 saturated heterocycles. The van der Waals surface area contributed by atoms with Crippen molar-refractivity contribution in [3.63, 3.8) is 0 Å². The molecule has 1 aromatic heterocycles. The average Bonchev–Trinajstić information content (AvgIpc) is 2.92. The molecule has 2 aromatic carbocycles. The highest BCUT2D eigenvalue weighted by Crippen LogP contribution is 2.14. The maximum atomic E-state index is 11.9. The van der Waals surface area contributed by atoms with Crippen LogP contribution in [0.3, 0.4) is 0 Å². The summed E-state index contributed by atoms with van der Waals surface area (Å²) in [7, 11) is 2.00. The summed E-state index contributed by atoms with van der Waals surface area (Å²) in [6, 6.07) is 17.5. The number of aromatic nitrogens is 2. The molecule has 0 fully saturated rings. The van der Waals surface area contributed by atoms with Crippen molar-refractivity contribution in [3.8, 4) is 5.75 Å². The van der Waals surface area contributed by atoms with Crippen molar-refractivity contribution < 1.29 is 9.53 Å². The van der Waals surface area contributed by atoms with E-state index in [1.165, 1.54) is 0 Å². The highest BCUT2D eigenvalue weighted by Gasteiger charge is 2.07. The minimum Gasteiger partial charge on any atom is -0.493 e. The summed E-state index contributed by atoms with van der Waals surface area (Å²) >= 11 is 0. The van der Waals surface area contributed by atoms with E-state index in [1.54, 1.807) is 0 Å². The Balaban J connectivity index is 1.42. The zero-order valence-electron chi connectivity index (χ0n) is 13.7. The first-order valence-corrected chi connectivity index (χ1v) is 8.09. The standard InChI is InChI=1S/C19H21N3O2/c1-22-17-10-6-5-9-16(17)21-18(22)11-13-20-19(23)12-14-24-15-7-3-2-4-8-15/h2-10H,11-14H2,1H3,(H,20,23). The summed E-state index contributed by atoms with van der Waals surface area (Å²) in [6.45, 7) is 0.948. The third-order valence-electron chi connectivity index (χ3n) is 3.89. The summed E-state index contributed by atoms with van der Waals surface area (Å²) in [4.78, 5) is 16.5. The number of para-hydroxylation sites is 3. The molecule has 0 bridgehead atoms. The maximum Gasteiger partial charge on any atom is 0.223 e. The van der Waals surface area contributed by atoms with Crippen molar-refractivity contribution in [2.75, 3.05) is 13.2 Å². The third kappa shape index (κ3) is 3.93. The van der Waals surface area contributed by atoms with E-state index in [2.05, 4.69) is 14.9 Å². The van der Waals surface area contributed by atoms with Crippen LogP contribution >= 0.6 is 0 Å². The Morgan fingerprint density at radius 1 is 1.12 bits per heavy atom. The molecule has 0 radical (unpaired) electrons. The Labute approximate surface area is 141 Å². The van der Waals surface area contributed by atoms with Crippen LogP contribution in [0, 0.1) is 0 Å². The minimum absolute atomic E-state index is 0.00954. The smallest absolute Gasteiger partial charge is 0.223 e. The van der Waals surface area contributed by atoms with E-state index in [4.69, 9.17) is 4.74 Å². The van der Waals surface area contributed by atoms with Crippen LogP contribution in [0.15, 0.2) is 54.6 Å². The van der Waals surface area contributed by atoms with Crippen LogP contribution in [0.5, 0.6) is 5.75 Å². The molecule has 0 unspecified atom stereocenters. The van der Waals surface area contributed by atoms with Crippen LogP contribution in [-0.4, -0.2) is 28.6 Å². The first-order valence-electron chi connectivity index (χ1n) is 8.09. The van der Waals surface area contributed by atoms with Crippen LogP contribution in [0.1, 0.15) is 12.2 Å². The van der Waals surface area contributed by atoms with Gasteiger partial charge < -0.3 is 14.6 Å². The Kier molecular flexibility index (Phi) is 5.11. The monoisotopic (exact) mass is 323 g/mol. The van der Waals surface area contributed by atoms with Gasteiger partial charge in [0.25, 0.3) is 0 Å². The number of carbonyl (C=O) groups is 1. The summed E-state index contributed by atoms with van der Waals surface area (Å²) < 4.78 is 7.59. The van der Waals surface area contributed by atoms with Crippen molar-refractivity contribution in [1.29, 1.82) is 0 Å². The molecule has 3 rings (SSSR count). The van der Waals surface area contributed by atoms with Gasteiger partial charge in [-0.2, -0.15) is 0 Å². The first kappa shape index (κ1) is 16.1. The molecule has 3 aromatic rings. The predicted octanol–water partition coefficient (Wildman–Crippen LogP) is 2.70. The Bertz CT molecular complexity index is 812. The van der Waals surface area contributed by atoms with Gasteiger partial charge in [-0.25, -0.2) is 4.98 Å². The number of hydrogen-bond acceptors (Lipinski definition) is 3. The Morgan fingerprint density at radius 3 is 2.67 bits per heavy atom. The number of nitrogens with zero attached hydrogens (tertiary/aromatic N) is 2. The molecule has 1 heterocycles. The fraction of sp³-hybridized carbons (Fsp3) is 0.263. The lowest BCUT2D eigenvalue weighted by molar-refractivity contribution is -0.121. The van der Waals surface area contributed by atoms with Gasteiger partial charge in [0.15, 0.2) is 0 Å². The number of fused-ring (bicyclic) bond motifs is 1. The van der Waals surface area contributed by atoms with Gasteiger partial charge in [-0.1, -0.05) is 30.3 Å². The lowest BCUT2D eigenvalue weighted by Crippen LogP contribution is -2.27. The van der Waals surface area contributed by atoms with Gasteiger partial charge in [0.1, 0.15) is 11.6 Å². The largest absolute Gasteiger partial charge is 0.493 e.